The third-order valence-corrected chi connectivity index (χ3v) is 5.51. The number of hydrogen-bond acceptors (Lipinski definition) is 5. The van der Waals surface area contributed by atoms with Crippen LogP contribution in [0.25, 0.3) is 10.9 Å². The molecule has 0 aliphatic carbocycles. The minimum Gasteiger partial charge on any atom is -0.494 e. The molecule has 7 nitrogen and oxygen atoms in total. The normalized spacial score (nSPS) is 14.5. The number of carbonyl (C=O) groups excluding carboxylic acids is 1. The Labute approximate surface area is 181 Å². The zero-order chi connectivity index (χ0) is 21.6. The zero-order valence-corrected chi connectivity index (χ0v) is 17.8. The summed E-state index contributed by atoms with van der Waals surface area (Å²) in [5.74, 6) is 1.12. The van der Waals surface area contributed by atoms with Crippen LogP contribution in [-0.2, 0) is 17.9 Å². The number of hydrogen-bond donors (Lipinski definition) is 1. The van der Waals surface area contributed by atoms with Crippen molar-refractivity contribution in [1.29, 1.82) is 0 Å². The number of aromatic nitrogens is 2. The van der Waals surface area contributed by atoms with Crippen LogP contribution < -0.4 is 15.6 Å². The number of amides is 1. The van der Waals surface area contributed by atoms with Gasteiger partial charge in [0.15, 0.2) is 0 Å². The van der Waals surface area contributed by atoms with Gasteiger partial charge in [0.1, 0.15) is 18.1 Å². The van der Waals surface area contributed by atoms with Crippen LogP contribution in [0, 0.1) is 0 Å². The molecule has 1 aromatic heterocycles. The molecule has 1 fully saturated rings. The lowest BCUT2D eigenvalue weighted by molar-refractivity contribution is -0.116. The maximum atomic E-state index is 13.2. The first-order valence-corrected chi connectivity index (χ1v) is 10.9. The maximum absolute atomic E-state index is 13.2. The predicted molar refractivity (Wildman–Crippen MR) is 121 cm³/mol. The summed E-state index contributed by atoms with van der Waals surface area (Å²) in [7, 11) is 0. The summed E-state index contributed by atoms with van der Waals surface area (Å²) in [6.45, 7) is 4.97. The fourth-order valence-electron chi connectivity index (χ4n) is 3.96. The van der Waals surface area contributed by atoms with Crippen molar-refractivity contribution < 1.29 is 9.53 Å². The molecule has 3 aromatic rings. The lowest BCUT2D eigenvalue weighted by Crippen LogP contribution is -2.36. The van der Waals surface area contributed by atoms with Crippen molar-refractivity contribution in [2.45, 2.75) is 39.3 Å². The van der Waals surface area contributed by atoms with Crippen LogP contribution in [0.4, 0.5) is 5.69 Å². The van der Waals surface area contributed by atoms with Crippen LogP contribution in [0.2, 0.25) is 0 Å². The number of rotatable bonds is 7. The number of anilines is 1. The average molecular weight is 421 g/mol. The van der Waals surface area contributed by atoms with Crippen LogP contribution in [0.1, 0.15) is 32.0 Å². The monoisotopic (exact) mass is 420 g/mol. The van der Waals surface area contributed by atoms with Crippen molar-refractivity contribution >= 4 is 22.5 Å². The quantitative estimate of drug-likeness (QED) is 0.634. The summed E-state index contributed by atoms with van der Waals surface area (Å²) in [5.41, 5.74) is 1.15. The molecule has 0 saturated carbocycles. The van der Waals surface area contributed by atoms with Gasteiger partial charge in [-0.1, -0.05) is 18.6 Å². The van der Waals surface area contributed by atoms with Crippen LogP contribution >= 0.6 is 0 Å². The highest BCUT2D eigenvalue weighted by Gasteiger charge is 2.18. The topological polar surface area (TPSA) is 76.5 Å². The summed E-state index contributed by atoms with van der Waals surface area (Å²) in [5, 5.41) is 3.40. The maximum Gasteiger partial charge on any atom is 0.261 e. The van der Waals surface area contributed by atoms with Gasteiger partial charge in [-0.05, 0) is 69.3 Å². The lowest BCUT2D eigenvalue weighted by Gasteiger charge is -2.27. The number of carbonyl (C=O) groups is 1. The molecular formula is C24H28N4O3. The molecule has 1 amide bonds. The van der Waals surface area contributed by atoms with E-state index in [2.05, 4.69) is 10.2 Å². The average Bonchev–Trinajstić information content (AvgIpc) is 2.79. The molecule has 1 aliphatic rings. The van der Waals surface area contributed by atoms with Crippen molar-refractivity contribution in [3.8, 4) is 5.75 Å². The van der Waals surface area contributed by atoms with E-state index in [4.69, 9.17) is 9.72 Å². The predicted octanol–water partition coefficient (Wildman–Crippen LogP) is 3.42. The standard InChI is InChI=1S/C24H28N4O3/c1-2-31-19-12-10-18(11-13-19)25-23(29)17-28-22(16-27-14-6-3-7-15-27)26-21-9-5-4-8-20(21)24(28)30/h4-5,8-13H,2-3,6-7,14-17H2,1H3,(H,25,29). The SMILES string of the molecule is CCOc1ccc(NC(=O)Cn2c(CN3CCCCC3)nc3ccccc3c2=O)cc1. The first-order chi connectivity index (χ1) is 15.1. The molecule has 7 heteroatoms. The molecule has 0 unspecified atom stereocenters. The molecule has 2 heterocycles. The molecule has 2 aromatic carbocycles. The largest absolute Gasteiger partial charge is 0.494 e. The molecule has 0 radical (unpaired) electrons. The van der Waals surface area contributed by atoms with Gasteiger partial charge in [0.2, 0.25) is 5.91 Å². The van der Waals surface area contributed by atoms with E-state index in [9.17, 15) is 9.59 Å². The van der Waals surface area contributed by atoms with Gasteiger partial charge in [0.25, 0.3) is 5.56 Å². The van der Waals surface area contributed by atoms with Gasteiger partial charge in [0.05, 0.1) is 24.1 Å². The molecule has 162 valence electrons. The molecule has 31 heavy (non-hydrogen) atoms. The molecule has 1 N–H and O–H groups in total. The molecule has 1 aliphatic heterocycles. The van der Waals surface area contributed by atoms with Crippen molar-refractivity contribution in [1.82, 2.24) is 14.5 Å². The Balaban J connectivity index is 1.58. The van der Waals surface area contributed by atoms with E-state index in [1.54, 1.807) is 18.2 Å². The first kappa shape index (κ1) is 21.1. The Hall–Kier alpha value is -3.19. The van der Waals surface area contributed by atoms with E-state index in [1.807, 2.05) is 37.3 Å². The fraction of sp³-hybridized carbons (Fsp3) is 0.375. The number of ether oxygens (including phenoxy) is 1. The molecule has 0 spiro atoms. The van der Waals surface area contributed by atoms with Gasteiger partial charge < -0.3 is 10.1 Å². The fourth-order valence-corrected chi connectivity index (χ4v) is 3.96. The van der Waals surface area contributed by atoms with E-state index >= 15 is 0 Å². The highest BCUT2D eigenvalue weighted by molar-refractivity contribution is 5.90. The van der Waals surface area contributed by atoms with Gasteiger partial charge in [-0.25, -0.2) is 4.98 Å². The smallest absolute Gasteiger partial charge is 0.261 e. The number of nitrogens with zero attached hydrogens (tertiary/aromatic N) is 3. The van der Waals surface area contributed by atoms with Gasteiger partial charge >= 0.3 is 0 Å². The van der Waals surface area contributed by atoms with Gasteiger partial charge in [-0.2, -0.15) is 0 Å². The minimum absolute atomic E-state index is 0.0763. The second kappa shape index (κ2) is 9.75. The van der Waals surface area contributed by atoms with Crippen molar-refractivity contribution in [2.24, 2.45) is 0 Å². The van der Waals surface area contributed by atoms with Crippen molar-refractivity contribution in [3.63, 3.8) is 0 Å². The first-order valence-electron chi connectivity index (χ1n) is 10.9. The Morgan fingerprint density at radius 3 is 2.55 bits per heavy atom. The molecule has 0 atom stereocenters. The van der Waals surface area contributed by atoms with E-state index in [1.165, 1.54) is 11.0 Å². The lowest BCUT2D eigenvalue weighted by atomic mass is 10.1. The highest BCUT2D eigenvalue weighted by atomic mass is 16.5. The third kappa shape index (κ3) is 5.11. The van der Waals surface area contributed by atoms with E-state index in [-0.39, 0.29) is 18.0 Å². The van der Waals surface area contributed by atoms with Gasteiger partial charge in [-0.3, -0.25) is 19.1 Å². The van der Waals surface area contributed by atoms with Crippen LogP contribution in [-0.4, -0.2) is 40.1 Å². The van der Waals surface area contributed by atoms with Crippen molar-refractivity contribution in [2.75, 3.05) is 25.0 Å². The Bertz CT molecular complexity index is 1100. The minimum atomic E-state index is -0.261. The number of likely N-dealkylation sites (tertiary alicyclic amines) is 1. The van der Waals surface area contributed by atoms with E-state index in [0.717, 1.165) is 31.7 Å². The van der Waals surface area contributed by atoms with Gasteiger partial charge in [0, 0.05) is 5.69 Å². The molecule has 4 rings (SSSR count). The zero-order valence-electron chi connectivity index (χ0n) is 17.8. The number of piperidine rings is 1. The number of benzene rings is 2. The van der Waals surface area contributed by atoms with E-state index < -0.39 is 0 Å². The van der Waals surface area contributed by atoms with Crippen LogP contribution in [0.3, 0.4) is 0 Å². The summed E-state index contributed by atoms with van der Waals surface area (Å²) < 4.78 is 6.95. The summed E-state index contributed by atoms with van der Waals surface area (Å²) in [6, 6.07) is 14.5. The summed E-state index contributed by atoms with van der Waals surface area (Å²) >= 11 is 0. The van der Waals surface area contributed by atoms with Crippen LogP contribution in [0.15, 0.2) is 53.3 Å². The summed E-state index contributed by atoms with van der Waals surface area (Å²) in [6.07, 6.45) is 3.53. The second-order valence-electron chi connectivity index (χ2n) is 7.78. The Morgan fingerprint density at radius 2 is 1.81 bits per heavy atom. The number of para-hydroxylation sites is 1. The Kier molecular flexibility index (Phi) is 6.62. The Morgan fingerprint density at radius 1 is 1.06 bits per heavy atom. The van der Waals surface area contributed by atoms with E-state index in [0.29, 0.717) is 35.6 Å². The molecule has 1 saturated heterocycles. The van der Waals surface area contributed by atoms with Crippen LogP contribution in [0.5, 0.6) is 5.75 Å². The number of nitrogens with one attached hydrogen (secondary N) is 1. The highest BCUT2D eigenvalue weighted by Crippen LogP contribution is 2.17. The molecular weight excluding hydrogens is 392 g/mol. The molecule has 0 bridgehead atoms. The van der Waals surface area contributed by atoms with Gasteiger partial charge in [-0.15, -0.1) is 0 Å². The number of fused-ring (bicyclic) bond motifs is 1. The third-order valence-electron chi connectivity index (χ3n) is 5.51. The second-order valence-corrected chi connectivity index (χ2v) is 7.78. The summed E-state index contributed by atoms with van der Waals surface area (Å²) in [4.78, 5) is 33.0. The van der Waals surface area contributed by atoms with Crippen molar-refractivity contribution in [3.05, 3.63) is 64.7 Å².